The van der Waals surface area contributed by atoms with Crippen molar-refractivity contribution in [3.8, 4) is 5.69 Å². The molecular weight excluding hydrogens is 320 g/mol. The van der Waals surface area contributed by atoms with Gasteiger partial charge >= 0.3 is 0 Å². The smallest absolute Gasteiger partial charge is 0.229 e. The Bertz CT molecular complexity index is 769. The van der Waals surface area contributed by atoms with Crippen molar-refractivity contribution in [3.05, 3.63) is 30.6 Å². The first kappa shape index (κ1) is 15.7. The lowest BCUT2D eigenvalue weighted by molar-refractivity contribution is -0.129. The van der Waals surface area contributed by atoms with Crippen molar-refractivity contribution >= 4 is 17.5 Å². The first-order valence-corrected chi connectivity index (χ1v) is 8.64. The normalized spacial score (nSPS) is 21.0. The molecule has 1 saturated heterocycles. The van der Waals surface area contributed by atoms with Gasteiger partial charge in [-0.15, -0.1) is 5.10 Å². The van der Waals surface area contributed by atoms with Crippen molar-refractivity contribution in [3.63, 3.8) is 0 Å². The third kappa shape index (κ3) is 3.24. The number of aromatic nitrogens is 4. The monoisotopic (exact) mass is 340 g/mol. The van der Waals surface area contributed by atoms with Crippen LogP contribution in [0.25, 0.3) is 5.69 Å². The Labute approximate surface area is 145 Å². The number of nitrogens with one attached hydrogen (secondary N) is 1. The third-order valence-electron chi connectivity index (χ3n) is 5.02. The molecule has 2 aromatic rings. The summed E-state index contributed by atoms with van der Waals surface area (Å²) >= 11 is 0. The minimum atomic E-state index is -0.287. The van der Waals surface area contributed by atoms with Crippen molar-refractivity contribution < 1.29 is 9.59 Å². The van der Waals surface area contributed by atoms with Crippen LogP contribution in [0.1, 0.15) is 32.1 Å². The summed E-state index contributed by atoms with van der Waals surface area (Å²) in [4.78, 5) is 26.8. The zero-order valence-corrected chi connectivity index (χ0v) is 13.8. The molecule has 4 rings (SSSR count). The molecule has 0 radical (unpaired) electrons. The average Bonchev–Trinajstić information content (AvgIpc) is 3.36. The predicted octanol–water partition coefficient (Wildman–Crippen LogP) is 1.39. The summed E-state index contributed by atoms with van der Waals surface area (Å²) in [5.74, 6) is -0.290. The summed E-state index contributed by atoms with van der Waals surface area (Å²) in [6.07, 6.45) is 6.28. The molecule has 2 amide bonds. The van der Waals surface area contributed by atoms with E-state index in [0.717, 1.165) is 18.5 Å². The second-order valence-electron chi connectivity index (χ2n) is 6.68. The van der Waals surface area contributed by atoms with E-state index in [1.165, 1.54) is 23.9 Å². The lowest BCUT2D eigenvalue weighted by Gasteiger charge is -2.23. The van der Waals surface area contributed by atoms with E-state index >= 15 is 0 Å². The molecule has 2 aliphatic rings. The minimum absolute atomic E-state index is 0.106. The molecule has 130 valence electrons. The van der Waals surface area contributed by atoms with Crippen LogP contribution in [0.5, 0.6) is 0 Å². The quantitative estimate of drug-likeness (QED) is 0.908. The van der Waals surface area contributed by atoms with Gasteiger partial charge in [0.15, 0.2) is 0 Å². The van der Waals surface area contributed by atoms with Crippen LogP contribution in [-0.4, -0.2) is 49.5 Å². The first-order valence-electron chi connectivity index (χ1n) is 8.64. The summed E-state index contributed by atoms with van der Waals surface area (Å²) in [7, 11) is 0. The summed E-state index contributed by atoms with van der Waals surface area (Å²) in [6.45, 7) is 0.530. The van der Waals surface area contributed by atoms with Crippen molar-refractivity contribution in [2.45, 2.75) is 38.1 Å². The Morgan fingerprint density at radius 3 is 2.84 bits per heavy atom. The molecule has 0 spiro atoms. The highest BCUT2D eigenvalue weighted by molar-refractivity contribution is 5.97. The number of carbonyl (C=O) groups excluding carboxylic acids is 2. The Morgan fingerprint density at radius 2 is 2.08 bits per heavy atom. The highest BCUT2D eigenvalue weighted by Gasteiger charge is 2.38. The molecule has 1 saturated carbocycles. The number of anilines is 1. The van der Waals surface area contributed by atoms with Crippen LogP contribution >= 0.6 is 0 Å². The molecular formula is C17H20N6O2. The lowest BCUT2D eigenvalue weighted by Crippen LogP contribution is -2.35. The molecule has 1 aliphatic heterocycles. The Hall–Kier alpha value is -2.77. The predicted molar refractivity (Wildman–Crippen MR) is 89.9 cm³/mol. The molecule has 2 fully saturated rings. The molecule has 8 nitrogen and oxygen atoms in total. The summed E-state index contributed by atoms with van der Waals surface area (Å²) in [5.41, 5.74) is 1.43. The number of hydrogen-bond donors (Lipinski definition) is 1. The van der Waals surface area contributed by atoms with E-state index in [1.807, 2.05) is 23.1 Å². The molecule has 1 atom stereocenters. The van der Waals surface area contributed by atoms with Crippen molar-refractivity contribution in [2.24, 2.45) is 5.92 Å². The zero-order valence-electron chi connectivity index (χ0n) is 13.8. The second kappa shape index (κ2) is 6.62. The van der Waals surface area contributed by atoms with Crippen LogP contribution in [0.4, 0.5) is 5.69 Å². The van der Waals surface area contributed by atoms with Crippen LogP contribution in [0, 0.1) is 5.92 Å². The van der Waals surface area contributed by atoms with E-state index in [1.54, 1.807) is 6.07 Å². The lowest BCUT2D eigenvalue weighted by atomic mass is 10.1. The Balaban J connectivity index is 1.42. The van der Waals surface area contributed by atoms with Gasteiger partial charge < -0.3 is 10.2 Å². The fourth-order valence-electron chi connectivity index (χ4n) is 3.73. The topological polar surface area (TPSA) is 93.0 Å². The summed E-state index contributed by atoms with van der Waals surface area (Å²) in [6, 6.07) is 7.63. The van der Waals surface area contributed by atoms with Crippen LogP contribution in [0.15, 0.2) is 30.6 Å². The first-order chi connectivity index (χ1) is 12.2. The van der Waals surface area contributed by atoms with Gasteiger partial charge in [-0.2, -0.15) is 0 Å². The van der Waals surface area contributed by atoms with Crippen LogP contribution in [0.2, 0.25) is 0 Å². The van der Waals surface area contributed by atoms with Crippen LogP contribution < -0.4 is 5.32 Å². The minimum Gasteiger partial charge on any atom is -0.339 e. The van der Waals surface area contributed by atoms with E-state index in [9.17, 15) is 9.59 Å². The number of benzene rings is 1. The second-order valence-corrected chi connectivity index (χ2v) is 6.68. The van der Waals surface area contributed by atoms with Gasteiger partial charge in [0.25, 0.3) is 0 Å². The molecule has 0 bridgehead atoms. The van der Waals surface area contributed by atoms with E-state index in [0.29, 0.717) is 24.7 Å². The highest BCUT2D eigenvalue weighted by atomic mass is 16.2. The van der Waals surface area contributed by atoms with Gasteiger partial charge in [-0.1, -0.05) is 18.9 Å². The third-order valence-corrected chi connectivity index (χ3v) is 5.02. The van der Waals surface area contributed by atoms with Gasteiger partial charge in [-0.3, -0.25) is 9.59 Å². The van der Waals surface area contributed by atoms with Gasteiger partial charge in [0.05, 0.1) is 11.6 Å². The summed E-state index contributed by atoms with van der Waals surface area (Å²) < 4.78 is 1.52. The maximum Gasteiger partial charge on any atom is 0.229 e. The zero-order chi connectivity index (χ0) is 17.2. The van der Waals surface area contributed by atoms with E-state index in [2.05, 4.69) is 20.8 Å². The number of rotatable bonds is 4. The van der Waals surface area contributed by atoms with Crippen molar-refractivity contribution in [2.75, 3.05) is 11.9 Å². The Morgan fingerprint density at radius 1 is 1.24 bits per heavy atom. The molecule has 2 heterocycles. The molecule has 1 aliphatic carbocycles. The van der Waals surface area contributed by atoms with Gasteiger partial charge in [-0.25, -0.2) is 4.68 Å². The molecule has 1 aromatic heterocycles. The number of likely N-dealkylation sites (tertiary alicyclic amines) is 1. The SMILES string of the molecule is O=C(Nc1cccc(-n2cnnn2)c1)[C@H]1CC(=O)N(C2CCCC2)C1. The van der Waals surface area contributed by atoms with E-state index < -0.39 is 0 Å². The van der Waals surface area contributed by atoms with Gasteiger partial charge in [0, 0.05) is 24.7 Å². The van der Waals surface area contributed by atoms with Crippen molar-refractivity contribution in [1.29, 1.82) is 0 Å². The maximum absolute atomic E-state index is 12.6. The highest BCUT2D eigenvalue weighted by Crippen LogP contribution is 2.30. The van der Waals surface area contributed by atoms with Gasteiger partial charge in [0.1, 0.15) is 6.33 Å². The van der Waals surface area contributed by atoms with Crippen LogP contribution in [-0.2, 0) is 9.59 Å². The maximum atomic E-state index is 12.6. The molecule has 0 unspecified atom stereocenters. The fourth-order valence-corrected chi connectivity index (χ4v) is 3.73. The standard InChI is InChI=1S/C17H20N6O2/c24-16-8-12(10-22(16)14-5-1-2-6-14)17(25)19-13-4-3-7-15(9-13)23-11-18-20-21-23/h3-4,7,9,11-12,14H,1-2,5-6,8,10H2,(H,19,25)/t12-/m0/s1. The molecule has 8 heteroatoms. The van der Waals surface area contributed by atoms with E-state index in [-0.39, 0.29) is 17.7 Å². The van der Waals surface area contributed by atoms with Crippen molar-refractivity contribution in [1.82, 2.24) is 25.1 Å². The average molecular weight is 340 g/mol. The number of hydrogen-bond acceptors (Lipinski definition) is 5. The molecule has 25 heavy (non-hydrogen) atoms. The van der Waals surface area contributed by atoms with E-state index in [4.69, 9.17) is 0 Å². The van der Waals surface area contributed by atoms with Crippen LogP contribution in [0.3, 0.4) is 0 Å². The number of tetrazole rings is 1. The molecule has 1 N–H and O–H groups in total. The number of carbonyl (C=O) groups is 2. The number of nitrogens with zero attached hydrogens (tertiary/aromatic N) is 5. The summed E-state index contributed by atoms with van der Waals surface area (Å²) in [5, 5.41) is 14.0. The fraction of sp³-hybridized carbons (Fsp3) is 0.471. The van der Waals surface area contributed by atoms with Gasteiger partial charge in [-0.05, 0) is 41.5 Å². The largest absolute Gasteiger partial charge is 0.339 e. The molecule has 1 aromatic carbocycles. The number of amides is 2. The Kier molecular flexibility index (Phi) is 4.17. The van der Waals surface area contributed by atoms with Gasteiger partial charge in [0.2, 0.25) is 11.8 Å².